The number of aromatic nitrogens is 1. The first kappa shape index (κ1) is 15.9. The molecule has 1 aromatic carbocycles. The molecule has 4 rings (SSSR count). The molecule has 0 bridgehead atoms. The number of aromatic amines is 1. The molecule has 0 unspecified atom stereocenters. The number of nitrogens with zero attached hydrogens (tertiary/aromatic N) is 2. The van der Waals surface area contributed by atoms with Crippen molar-refractivity contribution in [3.8, 4) is 0 Å². The van der Waals surface area contributed by atoms with Crippen LogP contribution in [0.3, 0.4) is 0 Å². The zero-order valence-electron chi connectivity index (χ0n) is 13.5. The highest BCUT2D eigenvalue weighted by molar-refractivity contribution is 6.31. The summed E-state index contributed by atoms with van der Waals surface area (Å²) in [5.74, 6) is 0.0361. The number of carbonyl (C=O) groups is 1. The van der Waals surface area contributed by atoms with Gasteiger partial charge in [0.25, 0.3) is 5.91 Å². The van der Waals surface area contributed by atoms with E-state index in [2.05, 4.69) is 9.88 Å². The largest absolute Gasteiger partial charge is 0.391 e. The Morgan fingerprint density at radius 3 is 2.67 bits per heavy atom. The van der Waals surface area contributed by atoms with Gasteiger partial charge in [-0.25, -0.2) is 0 Å². The van der Waals surface area contributed by atoms with Crippen LogP contribution >= 0.6 is 11.6 Å². The van der Waals surface area contributed by atoms with E-state index in [4.69, 9.17) is 11.6 Å². The number of H-pyrrole nitrogens is 1. The van der Waals surface area contributed by atoms with Gasteiger partial charge < -0.3 is 15.0 Å². The van der Waals surface area contributed by atoms with Crippen molar-refractivity contribution in [2.75, 3.05) is 26.2 Å². The van der Waals surface area contributed by atoms with Crippen LogP contribution in [-0.4, -0.2) is 64.1 Å². The minimum atomic E-state index is -0.203. The molecular weight excluding hydrogens is 326 g/mol. The van der Waals surface area contributed by atoms with E-state index < -0.39 is 0 Å². The maximum atomic E-state index is 12.7. The molecule has 1 aliphatic carbocycles. The number of carbonyl (C=O) groups excluding carboxylic acids is 1. The number of aliphatic hydroxyl groups is 1. The highest BCUT2D eigenvalue weighted by Crippen LogP contribution is 2.26. The first-order valence-electron chi connectivity index (χ1n) is 8.61. The van der Waals surface area contributed by atoms with E-state index in [9.17, 15) is 9.90 Å². The quantitative estimate of drug-likeness (QED) is 0.877. The minimum absolute atomic E-state index is 0.0361. The highest BCUT2D eigenvalue weighted by atomic mass is 35.5. The molecule has 1 aliphatic heterocycles. The SMILES string of the molecule is O=C(c1cc2cc(Cl)ccc2[nH]1)N1CCN([C@@H]2CCC[C@@H]2O)CC1. The maximum absolute atomic E-state index is 12.7. The van der Waals surface area contributed by atoms with Gasteiger partial charge in [0.05, 0.1) is 6.10 Å². The Morgan fingerprint density at radius 1 is 1.17 bits per heavy atom. The molecule has 128 valence electrons. The lowest BCUT2D eigenvalue weighted by Gasteiger charge is -2.38. The normalized spacial score (nSPS) is 25.5. The molecule has 2 heterocycles. The monoisotopic (exact) mass is 347 g/mol. The molecule has 6 heteroatoms. The van der Waals surface area contributed by atoms with Crippen LogP contribution in [-0.2, 0) is 0 Å². The van der Waals surface area contributed by atoms with Gasteiger partial charge in [0.1, 0.15) is 5.69 Å². The maximum Gasteiger partial charge on any atom is 0.270 e. The Labute approximate surface area is 146 Å². The molecule has 2 aromatic rings. The number of aliphatic hydroxyl groups excluding tert-OH is 1. The molecule has 24 heavy (non-hydrogen) atoms. The van der Waals surface area contributed by atoms with Crippen LogP contribution in [0.4, 0.5) is 0 Å². The number of hydrogen-bond acceptors (Lipinski definition) is 3. The summed E-state index contributed by atoms with van der Waals surface area (Å²) in [6, 6.07) is 7.73. The van der Waals surface area contributed by atoms with E-state index >= 15 is 0 Å². The fourth-order valence-corrected chi connectivity index (χ4v) is 4.17. The van der Waals surface area contributed by atoms with Crippen molar-refractivity contribution >= 4 is 28.4 Å². The summed E-state index contributed by atoms with van der Waals surface area (Å²) in [5.41, 5.74) is 1.54. The summed E-state index contributed by atoms with van der Waals surface area (Å²) in [5, 5.41) is 11.7. The van der Waals surface area contributed by atoms with Crippen LogP contribution in [0.2, 0.25) is 5.02 Å². The van der Waals surface area contributed by atoms with Crippen LogP contribution in [0, 0.1) is 0 Å². The smallest absolute Gasteiger partial charge is 0.270 e. The highest BCUT2D eigenvalue weighted by Gasteiger charge is 2.33. The Morgan fingerprint density at radius 2 is 1.96 bits per heavy atom. The van der Waals surface area contributed by atoms with Crippen LogP contribution < -0.4 is 0 Å². The summed E-state index contributed by atoms with van der Waals surface area (Å²) in [6.07, 6.45) is 2.87. The van der Waals surface area contributed by atoms with E-state index in [0.29, 0.717) is 23.8 Å². The lowest BCUT2D eigenvalue weighted by Crippen LogP contribution is -2.53. The molecule has 1 saturated heterocycles. The molecule has 2 fully saturated rings. The lowest BCUT2D eigenvalue weighted by atomic mass is 10.1. The summed E-state index contributed by atoms with van der Waals surface area (Å²) in [7, 11) is 0. The Kier molecular flexibility index (Phi) is 4.24. The number of piperazine rings is 1. The van der Waals surface area contributed by atoms with Gasteiger partial charge in [0.15, 0.2) is 0 Å². The predicted molar refractivity (Wildman–Crippen MR) is 94.4 cm³/mol. The van der Waals surface area contributed by atoms with E-state index in [-0.39, 0.29) is 18.1 Å². The lowest BCUT2D eigenvalue weighted by molar-refractivity contribution is 0.0313. The molecule has 2 atom stereocenters. The van der Waals surface area contributed by atoms with Crippen LogP contribution in [0.15, 0.2) is 24.3 Å². The van der Waals surface area contributed by atoms with Gasteiger partial charge in [0.2, 0.25) is 0 Å². The third-order valence-corrected chi connectivity index (χ3v) is 5.56. The second-order valence-electron chi connectivity index (χ2n) is 6.81. The second-order valence-corrected chi connectivity index (χ2v) is 7.24. The summed E-state index contributed by atoms with van der Waals surface area (Å²) in [4.78, 5) is 20.2. The third kappa shape index (κ3) is 2.92. The van der Waals surface area contributed by atoms with E-state index in [1.807, 2.05) is 29.2 Å². The first-order valence-corrected chi connectivity index (χ1v) is 8.99. The fraction of sp³-hybridized carbons (Fsp3) is 0.500. The molecule has 0 radical (unpaired) electrons. The number of fused-ring (bicyclic) bond motifs is 1. The summed E-state index contributed by atoms with van der Waals surface area (Å²) in [6.45, 7) is 3.08. The van der Waals surface area contributed by atoms with E-state index in [0.717, 1.165) is 43.3 Å². The molecular formula is C18H22ClN3O2. The van der Waals surface area contributed by atoms with Gasteiger partial charge in [0, 0.05) is 48.1 Å². The van der Waals surface area contributed by atoms with E-state index in [1.165, 1.54) is 0 Å². The average molecular weight is 348 g/mol. The van der Waals surface area contributed by atoms with Gasteiger partial charge in [-0.05, 0) is 43.5 Å². The van der Waals surface area contributed by atoms with Crippen LogP contribution in [0.5, 0.6) is 0 Å². The zero-order chi connectivity index (χ0) is 16.7. The molecule has 2 aliphatic rings. The van der Waals surface area contributed by atoms with Gasteiger partial charge in [-0.15, -0.1) is 0 Å². The van der Waals surface area contributed by atoms with Crippen LogP contribution in [0.1, 0.15) is 29.8 Å². The Hall–Kier alpha value is -1.56. The number of benzene rings is 1. The Bertz CT molecular complexity index is 752. The average Bonchev–Trinajstić information content (AvgIpc) is 3.20. The van der Waals surface area contributed by atoms with Crippen molar-refractivity contribution in [2.24, 2.45) is 0 Å². The summed E-state index contributed by atoms with van der Waals surface area (Å²) < 4.78 is 0. The van der Waals surface area contributed by atoms with Gasteiger partial charge >= 0.3 is 0 Å². The number of halogens is 1. The minimum Gasteiger partial charge on any atom is -0.391 e. The fourth-order valence-electron chi connectivity index (χ4n) is 3.99. The third-order valence-electron chi connectivity index (χ3n) is 5.33. The van der Waals surface area contributed by atoms with Gasteiger partial charge in [-0.2, -0.15) is 0 Å². The van der Waals surface area contributed by atoms with Crippen molar-refractivity contribution in [1.29, 1.82) is 0 Å². The van der Waals surface area contributed by atoms with Crippen LogP contribution in [0.25, 0.3) is 10.9 Å². The number of nitrogens with one attached hydrogen (secondary N) is 1. The molecule has 2 N–H and O–H groups in total. The molecule has 1 amide bonds. The van der Waals surface area contributed by atoms with Gasteiger partial charge in [-0.1, -0.05) is 11.6 Å². The number of rotatable bonds is 2. The molecule has 5 nitrogen and oxygen atoms in total. The predicted octanol–water partition coefficient (Wildman–Crippen LogP) is 2.49. The van der Waals surface area contributed by atoms with Crippen molar-refractivity contribution in [3.63, 3.8) is 0 Å². The standard InChI is InChI=1S/C18H22ClN3O2/c19-13-4-5-14-12(10-13)11-15(20-14)18(24)22-8-6-21(7-9-22)16-2-1-3-17(16)23/h4-5,10-11,16-17,20,23H,1-3,6-9H2/t16-,17+/m1/s1. The molecule has 1 aromatic heterocycles. The van der Waals surface area contributed by atoms with Crippen molar-refractivity contribution in [3.05, 3.63) is 35.0 Å². The Balaban J connectivity index is 1.43. The van der Waals surface area contributed by atoms with Crippen molar-refractivity contribution < 1.29 is 9.90 Å². The molecule has 0 spiro atoms. The van der Waals surface area contributed by atoms with Crippen molar-refractivity contribution in [1.82, 2.24) is 14.8 Å². The molecule has 1 saturated carbocycles. The number of amides is 1. The second kappa shape index (κ2) is 6.39. The zero-order valence-corrected chi connectivity index (χ0v) is 14.3. The van der Waals surface area contributed by atoms with Crippen molar-refractivity contribution in [2.45, 2.75) is 31.4 Å². The summed E-state index contributed by atoms with van der Waals surface area (Å²) >= 11 is 6.01. The topological polar surface area (TPSA) is 59.6 Å². The van der Waals surface area contributed by atoms with E-state index in [1.54, 1.807) is 0 Å². The first-order chi connectivity index (χ1) is 11.6. The number of hydrogen-bond donors (Lipinski definition) is 2. The van der Waals surface area contributed by atoms with Gasteiger partial charge in [-0.3, -0.25) is 9.69 Å².